The lowest BCUT2D eigenvalue weighted by atomic mass is 10.1. The highest BCUT2D eigenvalue weighted by Gasteiger charge is 2.20. The van der Waals surface area contributed by atoms with Crippen LogP contribution in [-0.4, -0.2) is 25.6 Å². The summed E-state index contributed by atoms with van der Waals surface area (Å²) in [5.74, 6) is -0.434. The van der Waals surface area contributed by atoms with Gasteiger partial charge in [-0.2, -0.15) is 4.98 Å². The first kappa shape index (κ1) is 23.1. The summed E-state index contributed by atoms with van der Waals surface area (Å²) in [6.45, 7) is 5.20. The van der Waals surface area contributed by atoms with Crippen LogP contribution in [-0.2, 0) is 11.3 Å². The lowest BCUT2D eigenvalue weighted by Crippen LogP contribution is -2.22. The number of aromatic nitrogens is 4. The van der Waals surface area contributed by atoms with E-state index in [1.165, 1.54) is 12.3 Å². The van der Waals surface area contributed by atoms with E-state index in [9.17, 15) is 14.0 Å². The van der Waals surface area contributed by atoms with Crippen LogP contribution in [0.25, 0.3) is 33.9 Å². The molecule has 1 N–H and O–H groups in total. The Morgan fingerprint density at radius 3 is 2.58 bits per heavy atom. The number of carbonyl (C=O) groups excluding carboxylic acids is 1. The quantitative estimate of drug-likeness (QED) is 0.385. The third kappa shape index (κ3) is 4.38. The molecule has 3 heterocycles. The summed E-state index contributed by atoms with van der Waals surface area (Å²) in [4.78, 5) is 35.1. The molecule has 3 aromatic heterocycles. The normalized spacial score (nSPS) is 11.1. The molecule has 0 aliphatic heterocycles. The molecular formula is C27H22FN5O3. The number of rotatable bonds is 5. The summed E-state index contributed by atoms with van der Waals surface area (Å²) in [5, 5.41) is 7.05. The second-order valence-electron chi connectivity index (χ2n) is 8.57. The Morgan fingerprint density at radius 2 is 1.81 bits per heavy atom. The Morgan fingerprint density at radius 1 is 1.00 bits per heavy atom. The van der Waals surface area contributed by atoms with E-state index in [1.807, 2.05) is 31.2 Å². The minimum absolute atomic E-state index is 0.0375. The van der Waals surface area contributed by atoms with Gasteiger partial charge in [0, 0.05) is 23.1 Å². The average Bonchev–Trinajstić information content (AvgIpc) is 3.33. The van der Waals surface area contributed by atoms with Gasteiger partial charge in [-0.25, -0.2) is 9.37 Å². The minimum atomic E-state index is -0.415. The molecule has 0 unspecified atom stereocenters. The van der Waals surface area contributed by atoms with Crippen LogP contribution in [0.2, 0.25) is 0 Å². The van der Waals surface area contributed by atoms with Crippen LogP contribution < -0.4 is 10.7 Å². The number of carbonyl (C=O) groups is 1. The van der Waals surface area contributed by atoms with Gasteiger partial charge in [0.1, 0.15) is 23.6 Å². The first-order valence-corrected chi connectivity index (χ1v) is 11.3. The molecule has 0 bridgehead atoms. The molecule has 9 heteroatoms. The fourth-order valence-electron chi connectivity index (χ4n) is 3.92. The zero-order valence-corrected chi connectivity index (χ0v) is 19.9. The van der Waals surface area contributed by atoms with Gasteiger partial charge in [-0.05, 0) is 56.2 Å². The maximum Gasteiger partial charge on any atom is 0.263 e. The van der Waals surface area contributed by atoms with Crippen LogP contribution in [0, 0.1) is 26.6 Å². The molecular weight excluding hydrogens is 461 g/mol. The molecule has 0 fully saturated rings. The van der Waals surface area contributed by atoms with Crippen LogP contribution in [0.3, 0.4) is 0 Å². The van der Waals surface area contributed by atoms with Crippen LogP contribution in [0.4, 0.5) is 10.1 Å². The topological polar surface area (TPSA) is 103 Å². The van der Waals surface area contributed by atoms with Crippen LogP contribution in [0.1, 0.15) is 16.8 Å². The molecule has 0 aliphatic rings. The van der Waals surface area contributed by atoms with E-state index in [-0.39, 0.29) is 23.4 Å². The Labute approximate surface area is 205 Å². The van der Waals surface area contributed by atoms with Gasteiger partial charge in [0.15, 0.2) is 0 Å². The average molecular weight is 484 g/mol. The van der Waals surface area contributed by atoms with E-state index in [4.69, 9.17) is 4.52 Å². The number of aryl methyl sites for hydroxylation is 3. The molecule has 5 rings (SSSR count). The predicted molar refractivity (Wildman–Crippen MR) is 134 cm³/mol. The van der Waals surface area contributed by atoms with Crippen molar-refractivity contribution in [3.63, 3.8) is 0 Å². The van der Waals surface area contributed by atoms with E-state index in [0.717, 1.165) is 11.1 Å². The molecule has 0 spiro atoms. The van der Waals surface area contributed by atoms with Crippen molar-refractivity contribution in [3.8, 4) is 22.8 Å². The standard InChI is InChI=1S/C27H22FN5O3/c1-15-6-4-5-7-19(15)25-31-27(36-32-25)21-13-33(26-20(24(21)35)11-9-17(3)29-26)14-23(34)30-18-10-8-16(2)22(28)12-18/h4-13H,14H2,1-3H3,(H,30,34). The first-order chi connectivity index (χ1) is 17.3. The third-order valence-electron chi connectivity index (χ3n) is 5.87. The van der Waals surface area contributed by atoms with Gasteiger partial charge in [-0.3, -0.25) is 9.59 Å². The van der Waals surface area contributed by atoms with Crippen molar-refractivity contribution < 1.29 is 13.7 Å². The fraction of sp³-hybridized carbons (Fsp3) is 0.148. The molecule has 180 valence electrons. The number of amides is 1. The summed E-state index contributed by atoms with van der Waals surface area (Å²) in [7, 11) is 0. The van der Waals surface area contributed by atoms with Gasteiger partial charge in [-0.15, -0.1) is 0 Å². The number of nitrogens with zero attached hydrogens (tertiary/aromatic N) is 4. The van der Waals surface area contributed by atoms with Crippen LogP contribution >= 0.6 is 0 Å². The maximum absolute atomic E-state index is 13.9. The van der Waals surface area contributed by atoms with E-state index in [2.05, 4.69) is 20.4 Å². The zero-order valence-electron chi connectivity index (χ0n) is 19.9. The van der Waals surface area contributed by atoms with E-state index >= 15 is 0 Å². The zero-order chi connectivity index (χ0) is 25.4. The molecule has 8 nitrogen and oxygen atoms in total. The SMILES string of the molecule is Cc1ccc2c(=O)c(-c3nc(-c4ccccc4C)no3)cn(CC(=O)Nc3ccc(C)c(F)c3)c2n1. The minimum Gasteiger partial charge on any atom is -0.333 e. The molecule has 0 saturated heterocycles. The van der Waals surface area contributed by atoms with Gasteiger partial charge in [0.05, 0.1) is 5.39 Å². The highest BCUT2D eigenvalue weighted by atomic mass is 19.1. The third-order valence-corrected chi connectivity index (χ3v) is 5.87. The number of benzene rings is 2. The highest BCUT2D eigenvalue weighted by molar-refractivity contribution is 5.92. The molecule has 36 heavy (non-hydrogen) atoms. The number of hydrogen-bond donors (Lipinski definition) is 1. The van der Waals surface area contributed by atoms with Gasteiger partial charge < -0.3 is 14.4 Å². The number of pyridine rings is 2. The second-order valence-corrected chi connectivity index (χ2v) is 8.57. The summed E-state index contributed by atoms with van der Waals surface area (Å²) in [5.41, 5.74) is 3.40. The smallest absolute Gasteiger partial charge is 0.263 e. The van der Waals surface area contributed by atoms with Crippen LogP contribution in [0.5, 0.6) is 0 Å². The summed E-state index contributed by atoms with van der Waals surface area (Å²) < 4.78 is 20.9. The van der Waals surface area contributed by atoms with E-state index in [1.54, 1.807) is 42.7 Å². The largest absolute Gasteiger partial charge is 0.333 e. The van der Waals surface area contributed by atoms with Crippen molar-refractivity contribution in [3.05, 3.63) is 93.7 Å². The van der Waals surface area contributed by atoms with Crippen molar-refractivity contribution in [1.82, 2.24) is 19.7 Å². The highest BCUT2D eigenvalue weighted by Crippen LogP contribution is 2.24. The molecule has 0 atom stereocenters. The number of anilines is 1. The lowest BCUT2D eigenvalue weighted by molar-refractivity contribution is -0.116. The summed E-state index contributed by atoms with van der Waals surface area (Å²) in [6, 6.07) is 15.4. The Balaban J connectivity index is 1.55. The molecule has 0 radical (unpaired) electrons. The lowest BCUT2D eigenvalue weighted by Gasteiger charge is -2.13. The Hall–Kier alpha value is -4.66. The number of halogens is 1. The van der Waals surface area contributed by atoms with Crippen molar-refractivity contribution >= 4 is 22.6 Å². The number of nitrogens with one attached hydrogen (secondary N) is 1. The molecule has 2 aromatic carbocycles. The molecule has 0 saturated carbocycles. The fourth-order valence-corrected chi connectivity index (χ4v) is 3.92. The van der Waals surface area contributed by atoms with Crippen molar-refractivity contribution in [2.45, 2.75) is 27.3 Å². The maximum atomic E-state index is 13.9. The number of fused-ring (bicyclic) bond motifs is 1. The van der Waals surface area contributed by atoms with Crippen molar-refractivity contribution in [1.29, 1.82) is 0 Å². The first-order valence-electron chi connectivity index (χ1n) is 11.3. The molecule has 5 aromatic rings. The predicted octanol–water partition coefficient (Wildman–Crippen LogP) is 4.82. The van der Waals surface area contributed by atoms with Crippen molar-refractivity contribution in [2.75, 3.05) is 5.32 Å². The van der Waals surface area contributed by atoms with Gasteiger partial charge in [0.2, 0.25) is 17.2 Å². The van der Waals surface area contributed by atoms with Gasteiger partial charge >= 0.3 is 0 Å². The van der Waals surface area contributed by atoms with Gasteiger partial charge in [-0.1, -0.05) is 35.5 Å². The van der Waals surface area contributed by atoms with Crippen molar-refractivity contribution in [2.24, 2.45) is 0 Å². The van der Waals surface area contributed by atoms with Crippen LogP contribution in [0.15, 0.2) is 70.1 Å². The van der Waals surface area contributed by atoms with E-state index in [0.29, 0.717) is 33.8 Å². The van der Waals surface area contributed by atoms with E-state index < -0.39 is 11.7 Å². The molecule has 1 amide bonds. The summed E-state index contributed by atoms with van der Waals surface area (Å²) >= 11 is 0. The van der Waals surface area contributed by atoms with Gasteiger partial charge in [0.25, 0.3) is 5.89 Å². The number of hydrogen-bond acceptors (Lipinski definition) is 6. The monoisotopic (exact) mass is 483 g/mol. The molecule has 0 aliphatic carbocycles. The Kier molecular flexibility index (Phi) is 5.89. The second kappa shape index (κ2) is 9.18. The summed E-state index contributed by atoms with van der Waals surface area (Å²) in [6.07, 6.45) is 1.49. The Bertz CT molecular complexity index is 1690.